The maximum atomic E-state index is 11.1. The summed E-state index contributed by atoms with van der Waals surface area (Å²) in [5.74, 6) is -5.96. The van der Waals surface area contributed by atoms with Crippen molar-refractivity contribution in [3.63, 3.8) is 0 Å². The Morgan fingerprint density at radius 1 is 0.818 bits per heavy atom. The number of nitrogens with two attached hydrogens (primary N) is 1. The third-order valence-electron chi connectivity index (χ3n) is 3.13. The lowest BCUT2D eigenvalue weighted by Crippen LogP contribution is -2.65. The molecule has 0 aromatic rings. The predicted octanol–water partition coefficient (Wildman–Crippen LogP) is -0.642. The predicted molar refractivity (Wildman–Crippen MR) is 70.3 cm³/mol. The fraction of sp³-hybridized carbons (Fsp3) is 0.667. The van der Waals surface area contributed by atoms with Crippen LogP contribution in [0.25, 0.3) is 0 Å². The van der Waals surface area contributed by atoms with Crippen molar-refractivity contribution in [3.8, 4) is 0 Å². The molecule has 0 aliphatic carbocycles. The topological polar surface area (TPSA) is 184 Å². The monoisotopic (exact) mass is 321 g/mol. The van der Waals surface area contributed by atoms with Crippen LogP contribution in [0.5, 0.6) is 0 Å². The number of aliphatic carboxylic acids is 4. The van der Waals surface area contributed by atoms with E-state index in [-0.39, 0.29) is 6.61 Å². The SMILES string of the molecule is CCOC(CC(=O)O)(CC(=O)O)C(N)(CC(=O)O)CC(=O)O. The summed E-state index contributed by atoms with van der Waals surface area (Å²) < 4.78 is 5.20. The van der Waals surface area contributed by atoms with Crippen LogP contribution in [0.15, 0.2) is 0 Å². The lowest BCUT2D eigenvalue weighted by atomic mass is 9.71. The Hall–Kier alpha value is -2.20. The quantitative estimate of drug-likeness (QED) is 0.327. The van der Waals surface area contributed by atoms with Crippen LogP contribution in [-0.4, -0.2) is 62.1 Å². The molecular weight excluding hydrogens is 302 g/mol. The Balaban J connectivity index is 6.06. The Morgan fingerprint density at radius 3 is 1.36 bits per heavy atom. The molecule has 0 saturated carbocycles. The summed E-state index contributed by atoms with van der Waals surface area (Å²) in [5, 5.41) is 35.9. The van der Waals surface area contributed by atoms with E-state index in [0.29, 0.717) is 0 Å². The molecule has 0 unspecified atom stereocenters. The van der Waals surface area contributed by atoms with Gasteiger partial charge in [-0.3, -0.25) is 19.2 Å². The molecule has 10 nitrogen and oxygen atoms in total. The van der Waals surface area contributed by atoms with E-state index in [1.54, 1.807) is 0 Å². The van der Waals surface area contributed by atoms with E-state index < -0.39 is 60.7 Å². The molecule has 0 aromatic heterocycles. The van der Waals surface area contributed by atoms with Crippen molar-refractivity contribution >= 4 is 23.9 Å². The fourth-order valence-corrected chi connectivity index (χ4v) is 2.35. The molecule has 10 heteroatoms. The summed E-state index contributed by atoms with van der Waals surface area (Å²) in [6, 6.07) is 0. The van der Waals surface area contributed by atoms with Gasteiger partial charge in [-0.1, -0.05) is 0 Å². The fourth-order valence-electron chi connectivity index (χ4n) is 2.35. The number of carboxylic acids is 4. The molecule has 0 radical (unpaired) electrons. The highest BCUT2D eigenvalue weighted by Gasteiger charge is 2.54. The van der Waals surface area contributed by atoms with Crippen molar-refractivity contribution in [2.75, 3.05) is 6.61 Å². The molecule has 0 bridgehead atoms. The minimum Gasteiger partial charge on any atom is -0.481 e. The minimum atomic E-state index is -2.21. The van der Waals surface area contributed by atoms with E-state index in [4.69, 9.17) is 30.9 Å². The highest BCUT2D eigenvalue weighted by molar-refractivity contribution is 5.77. The Labute approximate surface area is 125 Å². The third kappa shape index (κ3) is 5.30. The van der Waals surface area contributed by atoms with Crippen LogP contribution in [0.1, 0.15) is 32.6 Å². The van der Waals surface area contributed by atoms with Crippen molar-refractivity contribution in [2.24, 2.45) is 5.73 Å². The van der Waals surface area contributed by atoms with Crippen LogP contribution in [0.4, 0.5) is 0 Å². The van der Waals surface area contributed by atoms with Gasteiger partial charge in [0.1, 0.15) is 5.60 Å². The first-order chi connectivity index (χ1) is 9.98. The first-order valence-electron chi connectivity index (χ1n) is 6.28. The van der Waals surface area contributed by atoms with Crippen LogP contribution in [0.2, 0.25) is 0 Å². The van der Waals surface area contributed by atoms with Crippen molar-refractivity contribution in [1.82, 2.24) is 0 Å². The minimum absolute atomic E-state index is 0.168. The number of rotatable bonds is 11. The molecule has 126 valence electrons. The average Bonchev–Trinajstić information content (AvgIpc) is 2.24. The van der Waals surface area contributed by atoms with Crippen molar-refractivity contribution in [1.29, 1.82) is 0 Å². The van der Waals surface area contributed by atoms with Crippen LogP contribution < -0.4 is 5.73 Å². The summed E-state index contributed by atoms with van der Waals surface area (Å²) in [5.41, 5.74) is 1.47. The number of hydrogen-bond acceptors (Lipinski definition) is 6. The number of hydrogen-bond donors (Lipinski definition) is 5. The highest BCUT2D eigenvalue weighted by Crippen LogP contribution is 2.37. The summed E-state index contributed by atoms with van der Waals surface area (Å²) >= 11 is 0. The third-order valence-corrected chi connectivity index (χ3v) is 3.13. The maximum absolute atomic E-state index is 11.1. The van der Waals surface area contributed by atoms with Gasteiger partial charge in [0.05, 0.1) is 31.2 Å². The van der Waals surface area contributed by atoms with Crippen molar-refractivity contribution in [3.05, 3.63) is 0 Å². The molecule has 0 aliphatic heterocycles. The molecular formula is C12H19NO9. The van der Waals surface area contributed by atoms with Gasteiger partial charge in [-0.2, -0.15) is 0 Å². The number of carbonyl (C=O) groups is 4. The summed E-state index contributed by atoms with van der Waals surface area (Å²) in [4.78, 5) is 44.1. The van der Waals surface area contributed by atoms with Gasteiger partial charge in [-0.25, -0.2) is 0 Å². The zero-order valence-electron chi connectivity index (χ0n) is 11.9. The molecule has 0 rings (SSSR count). The van der Waals surface area contributed by atoms with Gasteiger partial charge >= 0.3 is 23.9 Å². The van der Waals surface area contributed by atoms with Crippen molar-refractivity contribution < 1.29 is 44.3 Å². The van der Waals surface area contributed by atoms with Gasteiger partial charge in [-0.15, -0.1) is 0 Å². The lowest BCUT2D eigenvalue weighted by Gasteiger charge is -2.45. The molecule has 0 aliphatic rings. The van der Waals surface area contributed by atoms with E-state index in [1.165, 1.54) is 6.92 Å². The van der Waals surface area contributed by atoms with E-state index in [1.807, 2.05) is 0 Å². The van der Waals surface area contributed by atoms with Gasteiger partial charge in [0, 0.05) is 6.61 Å². The smallest absolute Gasteiger partial charge is 0.306 e. The second kappa shape index (κ2) is 7.71. The van der Waals surface area contributed by atoms with Gasteiger partial charge in [0.25, 0.3) is 0 Å². The largest absolute Gasteiger partial charge is 0.481 e. The molecule has 0 atom stereocenters. The number of carboxylic acid groups (broad SMARTS) is 4. The van der Waals surface area contributed by atoms with Gasteiger partial charge in [-0.05, 0) is 6.92 Å². The average molecular weight is 321 g/mol. The van der Waals surface area contributed by atoms with Crippen LogP contribution in [0, 0.1) is 0 Å². The molecule has 0 heterocycles. The second-order valence-electron chi connectivity index (χ2n) is 4.87. The first kappa shape index (κ1) is 19.8. The van der Waals surface area contributed by atoms with Gasteiger partial charge in [0.15, 0.2) is 0 Å². The Bertz CT molecular complexity index is 428. The van der Waals surface area contributed by atoms with Crippen LogP contribution >= 0.6 is 0 Å². The standard InChI is InChI=1S/C12H19NO9/c1-2-22-12(5-9(18)19,6-10(20)21)11(13,3-7(14)15)4-8(16)17/h2-6,13H2,1H3,(H,14,15)(H,16,17)(H,18,19)(H,20,21). The molecule has 0 fully saturated rings. The Morgan fingerprint density at radius 2 is 1.14 bits per heavy atom. The maximum Gasteiger partial charge on any atom is 0.306 e. The van der Waals surface area contributed by atoms with E-state index in [0.717, 1.165) is 0 Å². The first-order valence-corrected chi connectivity index (χ1v) is 6.28. The molecule has 6 N–H and O–H groups in total. The lowest BCUT2D eigenvalue weighted by molar-refractivity contribution is -0.173. The zero-order valence-corrected chi connectivity index (χ0v) is 11.9. The molecule has 0 amide bonds. The summed E-state index contributed by atoms with van der Waals surface area (Å²) in [6.07, 6.45) is -3.80. The van der Waals surface area contributed by atoms with Crippen LogP contribution in [0.3, 0.4) is 0 Å². The van der Waals surface area contributed by atoms with E-state index >= 15 is 0 Å². The molecule has 22 heavy (non-hydrogen) atoms. The zero-order chi connectivity index (χ0) is 17.6. The number of ether oxygens (including phenoxy) is 1. The van der Waals surface area contributed by atoms with E-state index in [9.17, 15) is 19.2 Å². The van der Waals surface area contributed by atoms with E-state index in [2.05, 4.69) is 0 Å². The van der Waals surface area contributed by atoms with Crippen molar-refractivity contribution in [2.45, 2.75) is 43.7 Å². The Kier molecular flexibility index (Phi) is 6.94. The summed E-state index contributed by atoms with van der Waals surface area (Å²) in [6.45, 7) is 1.26. The normalized spacial score (nSPS) is 11.9. The summed E-state index contributed by atoms with van der Waals surface area (Å²) in [7, 11) is 0. The molecule has 0 spiro atoms. The van der Waals surface area contributed by atoms with Gasteiger partial charge in [0.2, 0.25) is 0 Å². The highest BCUT2D eigenvalue weighted by atomic mass is 16.5. The van der Waals surface area contributed by atoms with Gasteiger partial charge < -0.3 is 30.9 Å². The second-order valence-corrected chi connectivity index (χ2v) is 4.87. The molecule has 0 saturated heterocycles. The van der Waals surface area contributed by atoms with Crippen LogP contribution in [-0.2, 0) is 23.9 Å². The molecule has 0 aromatic carbocycles.